The van der Waals surface area contributed by atoms with Gasteiger partial charge in [0.25, 0.3) is 5.91 Å². The molecule has 39 heavy (non-hydrogen) atoms. The molecular formula is C31H31ClN4O3. The Morgan fingerprint density at radius 2 is 1.82 bits per heavy atom. The van der Waals surface area contributed by atoms with E-state index in [0.29, 0.717) is 35.4 Å². The van der Waals surface area contributed by atoms with Gasteiger partial charge in [0.1, 0.15) is 6.54 Å². The molecule has 3 aromatic carbocycles. The summed E-state index contributed by atoms with van der Waals surface area (Å²) in [4.78, 5) is 33.1. The van der Waals surface area contributed by atoms with Gasteiger partial charge in [-0.3, -0.25) is 19.5 Å². The van der Waals surface area contributed by atoms with Crippen molar-refractivity contribution in [2.75, 3.05) is 25.0 Å². The van der Waals surface area contributed by atoms with E-state index in [1.807, 2.05) is 72.3 Å². The maximum absolute atomic E-state index is 13.4. The van der Waals surface area contributed by atoms with E-state index in [9.17, 15) is 9.59 Å². The van der Waals surface area contributed by atoms with Crippen LogP contribution in [0, 0.1) is 13.8 Å². The number of aromatic nitrogens is 2. The zero-order chi connectivity index (χ0) is 27.4. The first-order chi connectivity index (χ1) is 18.9. The maximum atomic E-state index is 13.4. The van der Waals surface area contributed by atoms with Crippen LogP contribution in [0.2, 0.25) is 5.02 Å². The standard InChI is InChI=1S/C31H31ClN4O3/c1-21-10-15-26(17-22(21)2)36-19-28(23-11-13-25(32)14-12-23)33-31(36)34-29(37)20-35(18-27-9-6-16-39-27)30(38)24-7-4-3-5-8-24/h3-5,7-8,10-15,17,19,27H,6,9,16,18,20H2,1-2H3,(H,33,34,37)/t27-/m1/s1. The number of rotatable bonds is 8. The second kappa shape index (κ2) is 11.8. The number of hydrogen-bond donors (Lipinski definition) is 1. The van der Waals surface area contributed by atoms with Gasteiger partial charge in [0, 0.05) is 41.2 Å². The Morgan fingerprint density at radius 3 is 2.51 bits per heavy atom. The molecule has 0 bridgehead atoms. The molecule has 7 nitrogen and oxygen atoms in total. The number of halogens is 1. The first kappa shape index (κ1) is 26.7. The van der Waals surface area contributed by atoms with E-state index in [0.717, 1.165) is 29.7 Å². The largest absolute Gasteiger partial charge is 0.376 e. The van der Waals surface area contributed by atoms with Gasteiger partial charge in [0.15, 0.2) is 0 Å². The Morgan fingerprint density at radius 1 is 1.05 bits per heavy atom. The quantitative estimate of drug-likeness (QED) is 0.293. The number of nitrogens with one attached hydrogen (secondary N) is 1. The molecule has 4 aromatic rings. The number of imidazole rings is 1. The monoisotopic (exact) mass is 542 g/mol. The second-order valence-corrected chi connectivity index (χ2v) is 10.3. The van der Waals surface area contributed by atoms with Crippen molar-refractivity contribution in [2.45, 2.75) is 32.8 Å². The molecule has 0 aliphatic carbocycles. The molecule has 1 fully saturated rings. The topological polar surface area (TPSA) is 76.5 Å². The molecule has 1 atom stereocenters. The molecular weight excluding hydrogens is 512 g/mol. The molecule has 2 heterocycles. The number of nitrogens with zero attached hydrogens (tertiary/aromatic N) is 3. The normalized spacial score (nSPS) is 14.8. The lowest BCUT2D eigenvalue weighted by Gasteiger charge is -2.25. The summed E-state index contributed by atoms with van der Waals surface area (Å²) in [5.41, 5.74) is 5.27. The molecule has 1 N–H and O–H groups in total. The highest BCUT2D eigenvalue weighted by Crippen LogP contribution is 2.26. The molecule has 0 saturated carbocycles. The first-order valence-electron chi connectivity index (χ1n) is 13.1. The molecule has 0 radical (unpaired) electrons. The van der Waals surface area contributed by atoms with Gasteiger partial charge in [-0.05, 0) is 74.2 Å². The fraction of sp³-hybridized carbons (Fsp3) is 0.258. The average molecular weight is 543 g/mol. The number of anilines is 1. The number of benzene rings is 3. The molecule has 200 valence electrons. The minimum atomic E-state index is -0.337. The highest BCUT2D eigenvalue weighted by molar-refractivity contribution is 6.30. The predicted molar refractivity (Wildman–Crippen MR) is 153 cm³/mol. The number of aryl methyl sites for hydroxylation is 2. The number of hydrogen-bond acceptors (Lipinski definition) is 4. The van der Waals surface area contributed by atoms with E-state index < -0.39 is 0 Å². The number of amides is 2. The van der Waals surface area contributed by atoms with Gasteiger partial charge in [0.05, 0.1) is 11.8 Å². The predicted octanol–water partition coefficient (Wildman–Crippen LogP) is 6.07. The lowest BCUT2D eigenvalue weighted by atomic mass is 10.1. The molecule has 8 heteroatoms. The molecule has 0 unspecified atom stereocenters. The van der Waals surface area contributed by atoms with Gasteiger partial charge in [-0.2, -0.15) is 0 Å². The highest BCUT2D eigenvalue weighted by Gasteiger charge is 2.26. The van der Waals surface area contributed by atoms with Gasteiger partial charge in [0.2, 0.25) is 11.9 Å². The van der Waals surface area contributed by atoms with E-state index in [-0.39, 0.29) is 24.5 Å². The third-order valence-electron chi connectivity index (χ3n) is 6.96. The van der Waals surface area contributed by atoms with E-state index >= 15 is 0 Å². The van der Waals surface area contributed by atoms with Crippen molar-refractivity contribution >= 4 is 29.4 Å². The van der Waals surface area contributed by atoms with Gasteiger partial charge < -0.3 is 9.64 Å². The van der Waals surface area contributed by atoms with Crippen molar-refractivity contribution in [2.24, 2.45) is 0 Å². The summed E-state index contributed by atoms with van der Waals surface area (Å²) in [5, 5.41) is 3.59. The van der Waals surface area contributed by atoms with Crippen LogP contribution < -0.4 is 5.32 Å². The van der Waals surface area contributed by atoms with E-state index in [2.05, 4.69) is 18.3 Å². The third kappa shape index (κ3) is 6.38. The maximum Gasteiger partial charge on any atom is 0.254 e. The van der Waals surface area contributed by atoms with Crippen LogP contribution in [0.4, 0.5) is 5.95 Å². The van der Waals surface area contributed by atoms with Crippen molar-refractivity contribution in [1.29, 1.82) is 0 Å². The zero-order valence-electron chi connectivity index (χ0n) is 22.1. The Hall–Kier alpha value is -3.94. The van der Waals surface area contributed by atoms with Gasteiger partial charge >= 0.3 is 0 Å². The molecule has 1 aliphatic rings. The minimum Gasteiger partial charge on any atom is -0.376 e. The van der Waals surface area contributed by atoms with Crippen LogP contribution in [0.25, 0.3) is 16.9 Å². The zero-order valence-corrected chi connectivity index (χ0v) is 22.8. The fourth-order valence-electron chi connectivity index (χ4n) is 4.65. The van der Waals surface area contributed by atoms with E-state index in [1.165, 1.54) is 5.56 Å². The number of carbonyl (C=O) groups excluding carboxylic acids is 2. The van der Waals surface area contributed by atoms with Crippen LogP contribution in [0.3, 0.4) is 0 Å². The number of ether oxygens (including phenoxy) is 1. The van der Waals surface area contributed by atoms with Crippen LogP contribution in [-0.4, -0.2) is 52.1 Å². The first-order valence-corrected chi connectivity index (χ1v) is 13.4. The summed E-state index contributed by atoms with van der Waals surface area (Å²) in [5.74, 6) is -0.173. The summed E-state index contributed by atoms with van der Waals surface area (Å²) in [6.45, 7) is 5.01. The van der Waals surface area contributed by atoms with E-state index in [1.54, 1.807) is 17.0 Å². The van der Waals surface area contributed by atoms with Crippen molar-refractivity contribution in [1.82, 2.24) is 14.5 Å². The Balaban J connectivity index is 1.43. The summed E-state index contributed by atoms with van der Waals surface area (Å²) >= 11 is 6.09. The van der Waals surface area contributed by atoms with Crippen molar-refractivity contribution in [3.05, 3.63) is 101 Å². The smallest absolute Gasteiger partial charge is 0.254 e. The van der Waals surface area contributed by atoms with Crippen molar-refractivity contribution in [3.63, 3.8) is 0 Å². The Bertz CT molecular complexity index is 1460. The van der Waals surface area contributed by atoms with Crippen LogP contribution in [0.15, 0.2) is 79.0 Å². The minimum absolute atomic E-state index is 0.0838. The van der Waals surface area contributed by atoms with Crippen LogP contribution in [0.5, 0.6) is 0 Å². The van der Waals surface area contributed by atoms with Crippen LogP contribution in [-0.2, 0) is 9.53 Å². The summed E-state index contributed by atoms with van der Waals surface area (Å²) in [7, 11) is 0. The lowest BCUT2D eigenvalue weighted by Crippen LogP contribution is -2.42. The molecule has 2 amide bonds. The van der Waals surface area contributed by atoms with Gasteiger partial charge in [-0.1, -0.05) is 48.0 Å². The SMILES string of the molecule is Cc1ccc(-n2cc(-c3ccc(Cl)cc3)nc2NC(=O)CN(C[C@H]2CCCO2)C(=O)c2ccccc2)cc1C. The summed E-state index contributed by atoms with van der Waals surface area (Å²) in [6.07, 6.45) is 3.62. The van der Waals surface area contributed by atoms with Crippen molar-refractivity contribution in [3.8, 4) is 16.9 Å². The van der Waals surface area contributed by atoms with Crippen LogP contribution >= 0.6 is 11.6 Å². The average Bonchev–Trinajstić information content (AvgIpc) is 3.61. The summed E-state index contributed by atoms with van der Waals surface area (Å²) in [6, 6.07) is 22.5. The molecule has 0 spiro atoms. The molecule has 1 aliphatic heterocycles. The van der Waals surface area contributed by atoms with E-state index in [4.69, 9.17) is 21.3 Å². The van der Waals surface area contributed by atoms with Crippen molar-refractivity contribution < 1.29 is 14.3 Å². The van der Waals surface area contributed by atoms with Crippen LogP contribution in [0.1, 0.15) is 34.3 Å². The third-order valence-corrected chi connectivity index (χ3v) is 7.21. The Kier molecular flexibility index (Phi) is 8.10. The Labute approximate surface area is 233 Å². The molecule has 5 rings (SSSR count). The fourth-order valence-corrected chi connectivity index (χ4v) is 4.78. The van der Waals surface area contributed by atoms with Gasteiger partial charge in [-0.15, -0.1) is 0 Å². The molecule has 1 aromatic heterocycles. The summed E-state index contributed by atoms with van der Waals surface area (Å²) < 4.78 is 7.64. The van der Waals surface area contributed by atoms with Gasteiger partial charge in [-0.25, -0.2) is 4.98 Å². The lowest BCUT2D eigenvalue weighted by molar-refractivity contribution is -0.117. The second-order valence-electron chi connectivity index (χ2n) is 9.83. The number of carbonyl (C=O) groups is 2. The molecule has 1 saturated heterocycles. The highest BCUT2D eigenvalue weighted by atomic mass is 35.5.